The molecule has 0 aliphatic heterocycles. The van der Waals surface area contributed by atoms with Gasteiger partial charge in [-0.25, -0.2) is 0 Å². The second-order valence-electron chi connectivity index (χ2n) is 4.47. The second kappa shape index (κ2) is 4.54. The van der Waals surface area contributed by atoms with Gasteiger partial charge in [-0.2, -0.15) is 10.4 Å². The first-order valence-electron chi connectivity index (χ1n) is 5.96. The number of H-pyrrole nitrogens is 1. The molecular weight excluding hydrogens is 272 g/mol. The van der Waals surface area contributed by atoms with Crippen molar-refractivity contribution < 1.29 is 4.74 Å². The standard InChI is InChI=1S/C14H12N4OS/c1-7-3-8-5-11(20-13(8)10(4-7)19-2)12-9(6-15)14(16)18-17-12/h3-5H,1-2H3,(H3,16,17,18). The summed E-state index contributed by atoms with van der Waals surface area (Å²) in [6.45, 7) is 2.02. The molecule has 100 valence electrons. The molecule has 0 atom stereocenters. The lowest BCUT2D eigenvalue weighted by molar-refractivity contribution is 0.420. The Bertz CT molecular complexity index is 841. The molecule has 0 saturated heterocycles. The number of anilines is 1. The minimum absolute atomic E-state index is 0.295. The average Bonchev–Trinajstić information content (AvgIpc) is 3.00. The summed E-state index contributed by atoms with van der Waals surface area (Å²) in [4.78, 5) is 0.897. The van der Waals surface area contributed by atoms with Crippen molar-refractivity contribution >= 4 is 27.2 Å². The molecule has 0 amide bonds. The Labute approximate surface area is 119 Å². The number of nitrogen functional groups attached to an aromatic ring is 1. The summed E-state index contributed by atoms with van der Waals surface area (Å²) >= 11 is 1.54. The van der Waals surface area contributed by atoms with E-state index in [2.05, 4.69) is 22.3 Å². The van der Waals surface area contributed by atoms with E-state index in [-0.39, 0.29) is 0 Å². The van der Waals surface area contributed by atoms with Crippen LogP contribution >= 0.6 is 11.3 Å². The van der Waals surface area contributed by atoms with Gasteiger partial charge in [0, 0.05) is 0 Å². The minimum Gasteiger partial charge on any atom is -0.495 e. The molecule has 0 saturated carbocycles. The van der Waals surface area contributed by atoms with Crippen molar-refractivity contribution in [1.82, 2.24) is 10.2 Å². The van der Waals surface area contributed by atoms with Gasteiger partial charge in [0.15, 0.2) is 0 Å². The van der Waals surface area contributed by atoms with Crippen molar-refractivity contribution in [2.24, 2.45) is 0 Å². The van der Waals surface area contributed by atoms with Gasteiger partial charge in [-0.15, -0.1) is 11.3 Å². The Kier molecular flexibility index (Phi) is 2.84. The first-order chi connectivity index (χ1) is 9.63. The van der Waals surface area contributed by atoms with Gasteiger partial charge >= 0.3 is 0 Å². The summed E-state index contributed by atoms with van der Waals surface area (Å²) < 4.78 is 6.45. The van der Waals surface area contributed by atoms with E-state index in [4.69, 9.17) is 15.7 Å². The molecule has 0 bridgehead atoms. The van der Waals surface area contributed by atoms with E-state index in [1.165, 1.54) is 11.3 Å². The molecule has 0 radical (unpaired) electrons. The summed E-state index contributed by atoms with van der Waals surface area (Å²) in [5.41, 5.74) is 7.80. The lowest BCUT2D eigenvalue weighted by atomic mass is 10.1. The van der Waals surface area contributed by atoms with Crippen LogP contribution in [0.25, 0.3) is 20.7 Å². The van der Waals surface area contributed by atoms with E-state index in [0.29, 0.717) is 17.1 Å². The van der Waals surface area contributed by atoms with Crippen LogP contribution in [0.15, 0.2) is 18.2 Å². The molecule has 3 rings (SSSR count). The first kappa shape index (κ1) is 12.5. The molecule has 0 aliphatic carbocycles. The van der Waals surface area contributed by atoms with Crippen LogP contribution in [-0.2, 0) is 0 Å². The van der Waals surface area contributed by atoms with Crippen molar-refractivity contribution in [2.45, 2.75) is 6.92 Å². The van der Waals surface area contributed by atoms with Gasteiger partial charge in [0.25, 0.3) is 0 Å². The van der Waals surface area contributed by atoms with Crippen LogP contribution in [0.2, 0.25) is 0 Å². The van der Waals surface area contributed by atoms with Crippen LogP contribution in [-0.4, -0.2) is 17.3 Å². The molecule has 3 aromatic rings. The number of hydrogen-bond acceptors (Lipinski definition) is 5. The van der Waals surface area contributed by atoms with Gasteiger partial charge in [-0.3, -0.25) is 5.10 Å². The number of aromatic amines is 1. The molecule has 20 heavy (non-hydrogen) atoms. The zero-order chi connectivity index (χ0) is 14.3. The van der Waals surface area contributed by atoms with E-state index in [0.717, 1.165) is 26.3 Å². The molecule has 5 nitrogen and oxygen atoms in total. The third-order valence-electron chi connectivity index (χ3n) is 3.09. The number of rotatable bonds is 2. The molecule has 0 spiro atoms. The van der Waals surface area contributed by atoms with Gasteiger partial charge in [-0.1, -0.05) is 6.07 Å². The molecule has 1 aromatic carbocycles. The lowest BCUT2D eigenvalue weighted by Crippen LogP contribution is -1.87. The van der Waals surface area contributed by atoms with Crippen LogP contribution in [0, 0.1) is 18.3 Å². The molecule has 0 unspecified atom stereocenters. The summed E-state index contributed by atoms with van der Waals surface area (Å²) in [6.07, 6.45) is 0. The first-order valence-corrected chi connectivity index (χ1v) is 6.78. The maximum absolute atomic E-state index is 9.16. The Balaban J connectivity index is 2.26. The number of nitrogens with zero attached hydrogens (tertiary/aromatic N) is 2. The molecule has 2 aromatic heterocycles. The Morgan fingerprint density at radius 3 is 2.90 bits per heavy atom. The van der Waals surface area contributed by atoms with E-state index in [1.54, 1.807) is 7.11 Å². The highest BCUT2D eigenvalue weighted by atomic mass is 32.1. The van der Waals surface area contributed by atoms with Crippen molar-refractivity contribution in [3.05, 3.63) is 29.3 Å². The van der Waals surface area contributed by atoms with E-state index in [1.807, 2.05) is 19.1 Å². The fourth-order valence-corrected chi connectivity index (χ4v) is 3.31. The maximum atomic E-state index is 9.16. The SMILES string of the molecule is COc1cc(C)cc2cc(-c3n[nH]c(N)c3C#N)sc12. The van der Waals surface area contributed by atoms with Crippen LogP contribution in [0.4, 0.5) is 5.82 Å². The minimum atomic E-state index is 0.295. The number of nitriles is 1. The summed E-state index contributed by atoms with van der Waals surface area (Å²) in [6, 6.07) is 8.17. The number of hydrogen-bond donors (Lipinski definition) is 2. The number of methoxy groups -OCH3 is 1. The monoisotopic (exact) mass is 284 g/mol. The van der Waals surface area contributed by atoms with Gasteiger partial charge in [0.05, 0.1) is 16.7 Å². The Hall–Kier alpha value is -2.52. The van der Waals surface area contributed by atoms with Crippen molar-refractivity contribution in [1.29, 1.82) is 5.26 Å². The van der Waals surface area contributed by atoms with Crippen LogP contribution in [0.3, 0.4) is 0 Å². The van der Waals surface area contributed by atoms with E-state index >= 15 is 0 Å². The van der Waals surface area contributed by atoms with Gasteiger partial charge in [0.1, 0.15) is 28.9 Å². The normalized spacial score (nSPS) is 10.7. The maximum Gasteiger partial charge on any atom is 0.137 e. The zero-order valence-corrected chi connectivity index (χ0v) is 11.8. The predicted octanol–water partition coefficient (Wildman–Crippen LogP) is 3.06. The number of thiophene rings is 1. The molecule has 6 heteroatoms. The lowest BCUT2D eigenvalue weighted by Gasteiger charge is -2.02. The Morgan fingerprint density at radius 2 is 2.20 bits per heavy atom. The number of nitrogens with two attached hydrogens (primary N) is 1. The highest BCUT2D eigenvalue weighted by Crippen LogP contribution is 2.40. The second-order valence-corrected chi connectivity index (χ2v) is 5.52. The number of ether oxygens (including phenoxy) is 1. The predicted molar refractivity (Wildman–Crippen MR) is 79.8 cm³/mol. The summed E-state index contributed by atoms with van der Waals surface area (Å²) in [5.74, 6) is 1.13. The third kappa shape index (κ3) is 1.80. The largest absolute Gasteiger partial charge is 0.495 e. The van der Waals surface area contributed by atoms with Gasteiger partial charge in [0.2, 0.25) is 0 Å². The molecular formula is C14H12N4OS. The zero-order valence-electron chi connectivity index (χ0n) is 11.0. The Morgan fingerprint density at radius 1 is 1.40 bits per heavy atom. The average molecular weight is 284 g/mol. The highest BCUT2D eigenvalue weighted by molar-refractivity contribution is 7.22. The fraction of sp³-hybridized carbons (Fsp3) is 0.143. The van der Waals surface area contributed by atoms with E-state index in [9.17, 15) is 0 Å². The van der Waals surface area contributed by atoms with Crippen molar-refractivity contribution in [2.75, 3.05) is 12.8 Å². The quantitative estimate of drug-likeness (QED) is 0.757. The topological polar surface area (TPSA) is 87.7 Å². The van der Waals surface area contributed by atoms with Crippen LogP contribution in [0.5, 0.6) is 5.75 Å². The fourth-order valence-electron chi connectivity index (χ4n) is 2.18. The smallest absolute Gasteiger partial charge is 0.137 e. The number of aryl methyl sites for hydroxylation is 1. The number of aromatic nitrogens is 2. The molecule has 0 aliphatic rings. The van der Waals surface area contributed by atoms with Gasteiger partial charge < -0.3 is 10.5 Å². The number of fused-ring (bicyclic) bond motifs is 1. The van der Waals surface area contributed by atoms with Crippen LogP contribution in [0.1, 0.15) is 11.1 Å². The third-order valence-corrected chi connectivity index (χ3v) is 4.26. The molecule has 0 fully saturated rings. The molecule has 2 heterocycles. The van der Waals surface area contributed by atoms with E-state index < -0.39 is 0 Å². The highest BCUT2D eigenvalue weighted by Gasteiger charge is 2.16. The summed E-state index contributed by atoms with van der Waals surface area (Å²) in [7, 11) is 1.65. The number of nitrogens with one attached hydrogen (secondary N) is 1. The van der Waals surface area contributed by atoms with Gasteiger partial charge in [-0.05, 0) is 30.0 Å². The van der Waals surface area contributed by atoms with Crippen LogP contribution < -0.4 is 10.5 Å². The summed E-state index contributed by atoms with van der Waals surface area (Å²) in [5, 5.41) is 17.0. The molecule has 3 N–H and O–H groups in total. The van der Waals surface area contributed by atoms with Crippen molar-refractivity contribution in [3.63, 3.8) is 0 Å². The number of benzene rings is 1. The van der Waals surface area contributed by atoms with Crippen molar-refractivity contribution in [3.8, 4) is 22.4 Å².